The van der Waals surface area contributed by atoms with Crippen molar-refractivity contribution in [3.8, 4) is 5.75 Å². The second-order valence-electron chi connectivity index (χ2n) is 7.95. The zero-order chi connectivity index (χ0) is 20.7. The Labute approximate surface area is 173 Å². The summed E-state index contributed by atoms with van der Waals surface area (Å²) in [4.78, 5) is 16.9. The summed E-state index contributed by atoms with van der Waals surface area (Å²) in [7, 11) is 1.72. The number of carbonyl (C=O) groups is 1. The Kier molecular flexibility index (Phi) is 7.23. The number of hydrogen-bond donors (Lipinski definition) is 2. The van der Waals surface area contributed by atoms with Gasteiger partial charge in [-0.2, -0.15) is 0 Å². The maximum atomic E-state index is 12.8. The Morgan fingerprint density at radius 2 is 1.97 bits per heavy atom. The molecule has 1 saturated heterocycles. The third-order valence-corrected chi connectivity index (χ3v) is 5.57. The van der Waals surface area contributed by atoms with Crippen molar-refractivity contribution in [3.05, 3.63) is 58.9 Å². The minimum Gasteiger partial charge on any atom is -0.488 e. The number of rotatable bonds is 8. The second kappa shape index (κ2) is 9.85. The van der Waals surface area contributed by atoms with Gasteiger partial charge in [0.2, 0.25) is 0 Å². The van der Waals surface area contributed by atoms with Crippen LogP contribution in [0.15, 0.2) is 36.7 Å². The number of hydrogen-bond acceptors (Lipinski definition) is 5. The lowest BCUT2D eigenvalue weighted by atomic mass is 9.79. The summed E-state index contributed by atoms with van der Waals surface area (Å²) in [5.74, 6) is 0.767. The van der Waals surface area contributed by atoms with Gasteiger partial charge in [-0.25, -0.2) is 0 Å². The molecular weight excluding hydrogens is 366 g/mol. The van der Waals surface area contributed by atoms with Crippen molar-refractivity contribution in [1.82, 2.24) is 15.6 Å². The summed E-state index contributed by atoms with van der Waals surface area (Å²) in [6.07, 6.45) is 5.54. The molecule has 0 saturated carbocycles. The van der Waals surface area contributed by atoms with E-state index in [1.54, 1.807) is 19.5 Å². The molecule has 1 aliphatic heterocycles. The molecule has 3 rings (SSSR count). The molecule has 2 aromatic rings. The minimum atomic E-state index is -0.0518. The molecule has 6 heteroatoms. The number of nitrogens with one attached hydrogen (secondary N) is 2. The van der Waals surface area contributed by atoms with Crippen LogP contribution in [0.2, 0.25) is 0 Å². The molecule has 0 radical (unpaired) electrons. The number of piperidine rings is 1. The Bertz CT molecular complexity index is 789. The second-order valence-corrected chi connectivity index (χ2v) is 7.95. The van der Waals surface area contributed by atoms with Crippen LogP contribution < -0.4 is 15.4 Å². The predicted molar refractivity (Wildman–Crippen MR) is 113 cm³/mol. The Morgan fingerprint density at radius 1 is 1.24 bits per heavy atom. The van der Waals surface area contributed by atoms with Crippen molar-refractivity contribution < 1.29 is 14.3 Å². The van der Waals surface area contributed by atoms with Crippen LogP contribution >= 0.6 is 0 Å². The monoisotopic (exact) mass is 397 g/mol. The quantitative estimate of drug-likeness (QED) is 0.716. The average molecular weight is 398 g/mol. The number of ether oxygens (including phenoxy) is 2. The first-order valence-electron chi connectivity index (χ1n) is 10.1. The van der Waals surface area contributed by atoms with E-state index in [9.17, 15) is 4.79 Å². The van der Waals surface area contributed by atoms with Crippen LogP contribution in [-0.4, -0.2) is 44.2 Å². The van der Waals surface area contributed by atoms with Crippen molar-refractivity contribution in [2.75, 3.05) is 33.4 Å². The molecule has 1 aliphatic rings. The van der Waals surface area contributed by atoms with Crippen LogP contribution in [0.5, 0.6) is 5.75 Å². The molecule has 0 atom stereocenters. The molecule has 1 amide bonds. The first-order valence-corrected chi connectivity index (χ1v) is 10.1. The fourth-order valence-electron chi connectivity index (χ4n) is 3.95. The molecule has 29 heavy (non-hydrogen) atoms. The molecule has 0 unspecified atom stereocenters. The zero-order valence-electron chi connectivity index (χ0n) is 17.6. The van der Waals surface area contributed by atoms with Gasteiger partial charge in [-0.15, -0.1) is 0 Å². The molecule has 0 aliphatic carbocycles. The van der Waals surface area contributed by atoms with Gasteiger partial charge in [-0.05, 0) is 69.1 Å². The lowest BCUT2D eigenvalue weighted by molar-refractivity contribution is 0.0511. The molecule has 6 nitrogen and oxygen atoms in total. The molecule has 1 aromatic carbocycles. The van der Waals surface area contributed by atoms with E-state index >= 15 is 0 Å². The highest BCUT2D eigenvalue weighted by molar-refractivity contribution is 5.95. The van der Waals surface area contributed by atoms with Gasteiger partial charge < -0.3 is 20.1 Å². The van der Waals surface area contributed by atoms with E-state index in [-0.39, 0.29) is 11.3 Å². The predicted octanol–water partition coefficient (Wildman–Crippen LogP) is 3.02. The lowest BCUT2D eigenvalue weighted by Crippen LogP contribution is -2.47. The van der Waals surface area contributed by atoms with Gasteiger partial charge in [-0.1, -0.05) is 6.07 Å². The topological polar surface area (TPSA) is 72.5 Å². The van der Waals surface area contributed by atoms with E-state index in [2.05, 4.69) is 15.6 Å². The fourth-order valence-corrected chi connectivity index (χ4v) is 3.95. The number of aryl methyl sites for hydroxylation is 2. The first-order chi connectivity index (χ1) is 14.0. The van der Waals surface area contributed by atoms with Crippen LogP contribution in [0, 0.1) is 19.3 Å². The van der Waals surface area contributed by atoms with Crippen molar-refractivity contribution >= 4 is 5.91 Å². The van der Waals surface area contributed by atoms with E-state index in [1.807, 2.05) is 38.1 Å². The standard InChI is InChI=1S/C23H31N3O3/c1-17-11-20(12-18(2)21(17)29-14-19-5-4-8-25-13-19)22(27)26-15-23(16-28-3)6-9-24-10-7-23/h4-5,8,11-13,24H,6-7,9-10,14-16H2,1-3H3,(H,26,27). The van der Waals surface area contributed by atoms with Crippen LogP contribution in [0.4, 0.5) is 0 Å². The molecule has 156 valence electrons. The van der Waals surface area contributed by atoms with Crippen molar-refractivity contribution in [3.63, 3.8) is 0 Å². The van der Waals surface area contributed by atoms with E-state index in [1.165, 1.54) is 0 Å². The maximum Gasteiger partial charge on any atom is 0.251 e. The highest BCUT2D eigenvalue weighted by Crippen LogP contribution is 2.29. The third-order valence-electron chi connectivity index (χ3n) is 5.57. The van der Waals surface area contributed by atoms with Crippen molar-refractivity contribution in [2.24, 2.45) is 5.41 Å². The number of aromatic nitrogens is 1. The van der Waals surface area contributed by atoms with Crippen molar-refractivity contribution in [1.29, 1.82) is 0 Å². The van der Waals surface area contributed by atoms with Gasteiger partial charge in [0.25, 0.3) is 5.91 Å². The lowest BCUT2D eigenvalue weighted by Gasteiger charge is -2.37. The van der Waals surface area contributed by atoms with Crippen LogP contribution in [-0.2, 0) is 11.3 Å². The molecule has 1 fully saturated rings. The molecule has 0 spiro atoms. The first kappa shape index (κ1) is 21.3. The number of benzene rings is 1. The minimum absolute atomic E-state index is 0.00647. The number of amides is 1. The highest BCUT2D eigenvalue weighted by Gasteiger charge is 2.32. The van der Waals surface area contributed by atoms with Crippen LogP contribution in [0.3, 0.4) is 0 Å². The van der Waals surface area contributed by atoms with Gasteiger partial charge in [-0.3, -0.25) is 9.78 Å². The van der Waals surface area contributed by atoms with E-state index in [0.29, 0.717) is 25.3 Å². The van der Waals surface area contributed by atoms with Crippen molar-refractivity contribution in [2.45, 2.75) is 33.3 Å². The number of nitrogens with zero attached hydrogens (tertiary/aromatic N) is 1. The van der Waals surface area contributed by atoms with E-state index in [0.717, 1.165) is 48.4 Å². The largest absolute Gasteiger partial charge is 0.488 e. The zero-order valence-corrected chi connectivity index (χ0v) is 17.6. The van der Waals surface area contributed by atoms with Gasteiger partial charge >= 0.3 is 0 Å². The number of pyridine rings is 1. The molecule has 2 N–H and O–H groups in total. The maximum absolute atomic E-state index is 12.8. The van der Waals surface area contributed by atoms with Crippen LogP contribution in [0.1, 0.15) is 39.9 Å². The smallest absolute Gasteiger partial charge is 0.251 e. The van der Waals surface area contributed by atoms with Crippen LogP contribution in [0.25, 0.3) is 0 Å². The van der Waals surface area contributed by atoms with E-state index < -0.39 is 0 Å². The summed E-state index contributed by atoms with van der Waals surface area (Å²) in [6.45, 7) is 7.60. The summed E-state index contributed by atoms with van der Waals surface area (Å²) >= 11 is 0. The van der Waals surface area contributed by atoms with Gasteiger partial charge in [0.1, 0.15) is 12.4 Å². The molecule has 2 heterocycles. The van der Waals surface area contributed by atoms with Gasteiger partial charge in [0.05, 0.1) is 6.61 Å². The molecule has 0 bridgehead atoms. The summed E-state index contributed by atoms with van der Waals surface area (Å²) in [5, 5.41) is 6.51. The number of methoxy groups -OCH3 is 1. The Hall–Kier alpha value is -2.44. The van der Waals surface area contributed by atoms with Gasteiger partial charge in [0, 0.05) is 42.6 Å². The van der Waals surface area contributed by atoms with E-state index in [4.69, 9.17) is 9.47 Å². The summed E-state index contributed by atoms with van der Waals surface area (Å²) in [5.41, 5.74) is 3.58. The average Bonchev–Trinajstić information content (AvgIpc) is 2.73. The third kappa shape index (κ3) is 5.55. The SMILES string of the molecule is COCC1(CNC(=O)c2cc(C)c(OCc3cccnc3)c(C)c2)CCNCC1. The normalized spacial score (nSPS) is 15.7. The highest BCUT2D eigenvalue weighted by atomic mass is 16.5. The number of carbonyl (C=O) groups excluding carboxylic acids is 1. The Balaban J connectivity index is 1.65. The summed E-state index contributed by atoms with van der Waals surface area (Å²) < 4.78 is 11.4. The molecular formula is C23H31N3O3. The fraction of sp³-hybridized carbons (Fsp3) is 0.478. The van der Waals surface area contributed by atoms with Gasteiger partial charge in [0.15, 0.2) is 0 Å². The molecule has 1 aromatic heterocycles. The Morgan fingerprint density at radius 3 is 2.59 bits per heavy atom. The summed E-state index contributed by atoms with van der Waals surface area (Å²) in [6, 6.07) is 7.67.